The predicted molar refractivity (Wildman–Crippen MR) is 70.9 cm³/mol. The molecule has 3 nitrogen and oxygen atoms in total. The Morgan fingerprint density at radius 2 is 1.53 bits per heavy atom. The summed E-state index contributed by atoms with van der Waals surface area (Å²) in [6, 6.07) is 4.14. The average Bonchev–Trinajstić information content (AvgIpc) is 2.36. The van der Waals surface area contributed by atoms with Crippen molar-refractivity contribution in [2.75, 3.05) is 20.8 Å². The number of benzene rings is 1. The van der Waals surface area contributed by atoms with Gasteiger partial charge in [-0.3, -0.25) is 0 Å². The highest BCUT2D eigenvalue weighted by atomic mass is 16.5. The second-order valence-electron chi connectivity index (χ2n) is 4.12. The first-order valence-electron chi connectivity index (χ1n) is 6.20. The standard InChI is InChI=1S/C14H23NO2/c1-4-5-6-11-9-14(17-3)12(7-8-15)10-13(11)16-2/h9-10H,4-8,15H2,1-3H3. The van der Waals surface area contributed by atoms with E-state index in [9.17, 15) is 0 Å². The molecule has 3 heteroatoms. The molecule has 0 fully saturated rings. The molecule has 0 heterocycles. The lowest BCUT2D eigenvalue weighted by atomic mass is 10.0. The molecule has 0 spiro atoms. The molecule has 96 valence electrons. The van der Waals surface area contributed by atoms with Crippen LogP contribution in [0.15, 0.2) is 12.1 Å². The Balaban J connectivity index is 3.04. The van der Waals surface area contributed by atoms with Gasteiger partial charge in [-0.05, 0) is 49.1 Å². The zero-order valence-electron chi connectivity index (χ0n) is 11.1. The minimum absolute atomic E-state index is 0.619. The Bertz CT molecular complexity index is 350. The van der Waals surface area contributed by atoms with Crippen molar-refractivity contribution in [3.8, 4) is 11.5 Å². The summed E-state index contributed by atoms with van der Waals surface area (Å²) in [4.78, 5) is 0. The number of hydrogen-bond donors (Lipinski definition) is 1. The molecule has 0 aromatic heterocycles. The second-order valence-corrected chi connectivity index (χ2v) is 4.12. The molecule has 0 aliphatic carbocycles. The molecule has 0 amide bonds. The summed E-state index contributed by atoms with van der Waals surface area (Å²) < 4.78 is 10.8. The number of ether oxygens (including phenoxy) is 2. The third-order valence-corrected chi connectivity index (χ3v) is 2.90. The van der Waals surface area contributed by atoms with Crippen LogP contribution in [0.3, 0.4) is 0 Å². The van der Waals surface area contributed by atoms with E-state index in [0.717, 1.165) is 36.3 Å². The number of hydrogen-bond acceptors (Lipinski definition) is 3. The van der Waals surface area contributed by atoms with Gasteiger partial charge in [-0.1, -0.05) is 13.3 Å². The number of nitrogens with two attached hydrogens (primary N) is 1. The second kappa shape index (κ2) is 7.17. The average molecular weight is 237 g/mol. The number of rotatable bonds is 7. The maximum atomic E-state index is 5.60. The highest BCUT2D eigenvalue weighted by Gasteiger charge is 2.10. The van der Waals surface area contributed by atoms with E-state index in [1.165, 1.54) is 12.0 Å². The van der Waals surface area contributed by atoms with Gasteiger partial charge in [0.15, 0.2) is 0 Å². The molecule has 0 radical (unpaired) electrons. The molecule has 0 saturated carbocycles. The predicted octanol–water partition coefficient (Wildman–Crippen LogP) is 2.55. The number of methoxy groups -OCH3 is 2. The Hall–Kier alpha value is -1.22. The monoisotopic (exact) mass is 237 g/mol. The van der Waals surface area contributed by atoms with Crippen LogP contribution < -0.4 is 15.2 Å². The molecule has 0 aliphatic rings. The van der Waals surface area contributed by atoms with Gasteiger partial charge in [-0.2, -0.15) is 0 Å². The van der Waals surface area contributed by atoms with Crippen LogP contribution in [0.2, 0.25) is 0 Å². The van der Waals surface area contributed by atoms with Gasteiger partial charge in [0.1, 0.15) is 11.5 Å². The van der Waals surface area contributed by atoms with E-state index in [-0.39, 0.29) is 0 Å². The first-order chi connectivity index (χ1) is 8.26. The SMILES string of the molecule is CCCCc1cc(OC)c(CCN)cc1OC. The molecule has 17 heavy (non-hydrogen) atoms. The molecule has 1 aromatic carbocycles. The van der Waals surface area contributed by atoms with Crippen LogP contribution in [0.5, 0.6) is 11.5 Å². The van der Waals surface area contributed by atoms with Crippen LogP contribution in [0.4, 0.5) is 0 Å². The Labute approximate surface area is 104 Å². The van der Waals surface area contributed by atoms with E-state index in [0.29, 0.717) is 6.54 Å². The van der Waals surface area contributed by atoms with E-state index in [1.54, 1.807) is 14.2 Å². The fourth-order valence-electron chi connectivity index (χ4n) is 1.94. The quantitative estimate of drug-likeness (QED) is 0.792. The maximum absolute atomic E-state index is 5.60. The van der Waals surface area contributed by atoms with Crippen molar-refractivity contribution in [2.45, 2.75) is 32.6 Å². The maximum Gasteiger partial charge on any atom is 0.122 e. The van der Waals surface area contributed by atoms with Crippen LogP contribution in [-0.4, -0.2) is 20.8 Å². The minimum Gasteiger partial charge on any atom is -0.496 e. The van der Waals surface area contributed by atoms with Crippen LogP contribution in [-0.2, 0) is 12.8 Å². The summed E-state index contributed by atoms with van der Waals surface area (Å²) in [5, 5.41) is 0. The third kappa shape index (κ3) is 3.63. The van der Waals surface area contributed by atoms with Crippen LogP contribution in [0, 0.1) is 0 Å². The minimum atomic E-state index is 0.619. The molecule has 2 N–H and O–H groups in total. The van der Waals surface area contributed by atoms with Gasteiger partial charge in [-0.25, -0.2) is 0 Å². The molecule has 1 aromatic rings. The Kier molecular flexibility index (Phi) is 5.84. The lowest BCUT2D eigenvalue weighted by Gasteiger charge is -2.14. The van der Waals surface area contributed by atoms with E-state index in [4.69, 9.17) is 15.2 Å². The first kappa shape index (κ1) is 13.8. The fraction of sp³-hybridized carbons (Fsp3) is 0.571. The molecule has 1 rings (SSSR count). The molecule has 0 saturated heterocycles. The molecule has 0 atom stereocenters. The van der Waals surface area contributed by atoms with E-state index in [1.807, 2.05) is 0 Å². The smallest absolute Gasteiger partial charge is 0.122 e. The summed E-state index contributed by atoms with van der Waals surface area (Å²) in [6.45, 7) is 2.81. The zero-order valence-corrected chi connectivity index (χ0v) is 11.1. The Morgan fingerprint density at radius 3 is 1.94 bits per heavy atom. The topological polar surface area (TPSA) is 44.5 Å². The summed E-state index contributed by atoms with van der Waals surface area (Å²) in [5.74, 6) is 1.87. The number of unbranched alkanes of at least 4 members (excludes halogenated alkanes) is 1. The van der Waals surface area contributed by atoms with E-state index < -0.39 is 0 Å². The molecule has 0 aliphatic heterocycles. The summed E-state index contributed by atoms with van der Waals surface area (Å²) >= 11 is 0. The Morgan fingerprint density at radius 1 is 1.00 bits per heavy atom. The highest BCUT2D eigenvalue weighted by molar-refractivity contribution is 5.46. The van der Waals surface area contributed by atoms with E-state index in [2.05, 4.69) is 19.1 Å². The normalized spacial score (nSPS) is 10.4. The fourth-order valence-corrected chi connectivity index (χ4v) is 1.94. The summed E-state index contributed by atoms with van der Waals surface area (Å²) in [7, 11) is 3.41. The van der Waals surface area contributed by atoms with Gasteiger partial charge >= 0.3 is 0 Å². The van der Waals surface area contributed by atoms with Gasteiger partial charge in [0.25, 0.3) is 0 Å². The number of aryl methyl sites for hydroxylation is 1. The van der Waals surface area contributed by atoms with Crippen molar-refractivity contribution in [1.82, 2.24) is 0 Å². The van der Waals surface area contributed by atoms with Crippen LogP contribution in [0.25, 0.3) is 0 Å². The van der Waals surface area contributed by atoms with Gasteiger partial charge in [0, 0.05) is 0 Å². The lowest BCUT2D eigenvalue weighted by Crippen LogP contribution is -2.05. The van der Waals surface area contributed by atoms with Crippen LogP contribution >= 0.6 is 0 Å². The van der Waals surface area contributed by atoms with E-state index >= 15 is 0 Å². The van der Waals surface area contributed by atoms with Gasteiger partial charge in [0.05, 0.1) is 14.2 Å². The van der Waals surface area contributed by atoms with Crippen molar-refractivity contribution in [1.29, 1.82) is 0 Å². The van der Waals surface area contributed by atoms with Crippen molar-refractivity contribution in [2.24, 2.45) is 5.73 Å². The zero-order chi connectivity index (χ0) is 12.7. The molecule has 0 bridgehead atoms. The molecular formula is C14H23NO2. The van der Waals surface area contributed by atoms with Gasteiger partial charge < -0.3 is 15.2 Å². The van der Waals surface area contributed by atoms with Crippen LogP contribution in [0.1, 0.15) is 30.9 Å². The summed E-state index contributed by atoms with van der Waals surface area (Å²) in [6.07, 6.45) is 4.18. The van der Waals surface area contributed by atoms with Crippen molar-refractivity contribution < 1.29 is 9.47 Å². The largest absolute Gasteiger partial charge is 0.496 e. The highest BCUT2D eigenvalue weighted by Crippen LogP contribution is 2.30. The summed E-state index contributed by atoms with van der Waals surface area (Å²) in [5.41, 5.74) is 7.93. The first-order valence-corrected chi connectivity index (χ1v) is 6.20. The van der Waals surface area contributed by atoms with Gasteiger partial charge in [0.2, 0.25) is 0 Å². The molecular weight excluding hydrogens is 214 g/mol. The lowest BCUT2D eigenvalue weighted by molar-refractivity contribution is 0.394. The van der Waals surface area contributed by atoms with Crippen molar-refractivity contribution in [3.63, 3.8) is 0 Å². The van der Waals surface area contributed by atoms with Gasteiger partial charge in [-0.15, -0.1) is 0 Å². The van der Waals surface area contributed by atoms with Crippen molar-refractivity contribution in [3.05, 3.63) is 23.3 Å². The molecule has 0 unspecified atom stereocenters. The third-order valence-electron chi connectivity index (χ3n) is 2.90. The van der Waals surface area contributed by atoms with Crippen molar-refractivity contribution >= 4 is 0 Å².